The van der Waals surface area contributed by atoms with E-state index >= 15 is 0 Å². The summed E-state index contributed by atoms with van der Waals surface area (Å²) in [6, 6.07) is 5.54. The summed E-state index contributed by atoms with van der Waals surface area (Å²) < 4.78 is 14.3. The summed E-state index contributed by atoms with van der Waals surface area (Å²) in [5, 5.41) is 9.05. The van der Waals surface area contributed by atoms with Gasteiger partial charge >= 0.3 is 5.69 Å². The number of hydrogen-bond donors (Lipinski definition) is 2. The number of aromatic amines is 1. The van der Waals surface area contributed by atoms with Crippen molar-refractivity contribution < 1.29 is 9.18 Å². The second kappa shape index (κ2) is 7.26. The molecule has 1 aromatic heterocycles. The number of nitrogens with one attached hydrogen (secondary N) is 2. The molecule has 0 unspecified atom stereocenters. The second-order valence-electron chi connectivity index (χ2n) is 4.72. The summed E-state index contributed by atoms with van der Waals surface area (Å²) in [5.74, 6) is -0.601. The smallest absolute Gasteiger partial charge is 0.325 e. The quantitative estimate of drug-likeness (QED) is 0.799. The van der Waals surface area contributed by atoms with E-state index in [0.29, 0.717) is 17.4 Å². The largest absolute Gasteiger partial charge is 0.343 e. The fraction of sp³-hybridized carbons (Fsp3) is 0.357. The summed E-state index contributed by atoms with van der Waals surface area (Å²) in [6.45, 7) is 4.22. The van der Waals surface area contributed by atoms with Gasteiger partial charge in [0.25, 0.3) is 0 Å². The van der Waals surface area contributed by atoms with Crippen molar-refractivity contribution in [1.82, 2.24) is 14.8 Å². The van der Waals surface area contributed by atoms with Gasteiger partial charge in [-0.3, -0.25) is 9.36 Å². The van der Waals surface area contributed by atoms with Crippen LogP contribution < -0.4 is 11.0 Å². The zero-order valence-corrected chi connectivity index (χ0v) is 13.1. The van der Waals surface area contributed by atoms with E-state index in [0.717, 1.165) is 6.42 Å². The van der Waals surface area contributed by atoms with E-state index in [1.807, 2.05) is 6.92 Å². The van der Waals surface area contributed by atoms with Gasteiger partial charge in [-0.25, -0.2) is 14.3 Å². The molecule has 0 saturated heterocycles. The van der Waals surface area contributed by atoms with E-state index in [-0.39, 0.29) is 17.4 Å². The van der Waals surface area contributed by atoms with Gasteiger partial charge in [0.1, 0.15) is 5.82 Å². The van der Waals surface area contributed by atoms with Crippen LogP contribution in [0.25, 0.3) is 0 Å². The highest BCUT2D eigenvalue weighted by atomic mass is 32.2. The van der Waals surface area contributed by atoms with Crippen LogP contribution in [0.15, 0.2) is 34.2 Å². The summed E-state index contributed by atoms with van der Waals surface area (Å²) in [5.41, 5.74) is 0.238. The number of thioether (sulfide) groups is 1. The van der Waals surface area contributed by atoms with Crippen molar-refractivity contribution in [1.29, 1.82) is 0 Å². The molecule has 118 valence electrons. The van der Waals surface area contributed by atoms with Crippen LogP contribution in [0.2, 0.25) is 0 Å². The molecular weight excluding hydrogens is 307 g/mol. The Morgan fingerprint density at radius 2 is 2.14 bits per heavy atom. The average molecular weight is 324 g/mol. The number of H-pyrrole nitrogens is 1. The molecule has 1 aromatic carbocycles. The highest BCUT2D eigenvalue weighted by molar-refractivity contribution is 8.00. The first-order valence-electron chi connectivity index (χ1n) is 6.89. The SMILES string of the molecule is CCCn1c(S[C@@H](C)C(=O)Nc2ccc(F)cc2)n[nH]c1=O. The van der Waals surface area contributed by atoms with Gasteiger partial charge in [0.2, 0.25) is 5.91 Å². The van der Waals surface area contributed by atoms with Crippen LogP contribution in [-0.4, -0.2) is 25.9 Å². The molecule has 2 rings (SSSR count). The molecule has 1 amide bonds. The molecule has 1 heterocycles. The van der Waals surface area contributed by atoms with Gasteiger partial charge in [0, 0.05) is 12.2 Å². The molecule has 1 atom stereocenters. The molecule has 0 aliphatic heterocycles. The molecule has 8 heteroatoms. The molecule has 6 nitrogen and oxygen atoms in total. The van der Waals surface area contributed by atoms with Gasteiger partial charge in [0.15, 0.2) is 5.16 Å². The minimum absolute atomic E-state index is 0.241. The van der Waals surface area contributed by atoms with Crippen molar-refractivity contribution >= 4 is 23.4 Å². The Kier molecular flexibility index (Phi) is 5.37. The molecule has 0 fully saturated rings. The first-order chi connectivity index (χ1) is 10.5. The topological polar surface area (TPSA) is 79.8 Å². The number of amides is 1. The Balaban J connectivity index is 2.02. The molecule has 0 spiro atoms. The number of nitrogens with zero attached hydrogens (tertiary/aromatic N) is 2. The fourth-order valence-electron chi connectivity index (χ4n) is 1.80. The fourth-order valence-corrected chi connectivity index (χ4v) is 2.68. The van der Waals surface area contributed by atoms with E-state index in [1.54, 1.807) is 6.92 Å². The highest BCUT2D eigenvalue weighted by Gasteiger charge is 2.18. The molecule has 0 aliphatic rings. The van der Waals surface area contributed by atoms with Crippen molar-refractivity contribution in [2.24, 2.45) is 0 Å². The van der Waals surface area contributed by atoms with Crippen LogP contribution in [0.1, 0.15) is 20.3 Å². The van der Waals surface area contributed by atoms with Gasteiger partial charge in [-0.15, -0.1) is 5.10 Å². The van der Waals surface area contributed by atoms with Gasteiger partial charge in [-0.1, -0.05) is 18.7 Å². The standard InChI is InChI=1S/C14H17FN4O2S/c1-3-8-19-13(21)17-18-14(19)22-9(2)12(20)16-11-6-4-10(15)5-7-11/h4-7,9H,3,8H2,1-2H3,(H,16,20)(H,17,21)/t9-/m0/s1. The molecule has 2 N–H and O–H groups in total. The first-order valence-corrected chi connectivity index (χ1v) is 7.77. The van der Waals surface area contributed by atoms with Crippen molar-refractivity contribution in [3.05, 3.63) is 40.6 Å². The van der Waals surface area contributed by atoms with Crippen LogP contribution in [0.3, 0.4) is 0 Å². The molecule has 0 saturated carbocycles. The molecule has 22 heavy (non-hydrogen) atoms. The maximum Gasteiger partial charge on any atom is 0.343 e. The number of aromatic nitrogens is 3. The summed E-state index contributed by atoms with van der Waals surface area (Å²) >= 11 is 1.20. The molecule has 0 aliphatic carbocycles. The Hall–Kier alpha value is -2.09. The van der Waals surface area contributed by atoms with Crippen molar-refractivity contribution in [3.8, 4) is 0 Å². The number of halogens is 1. The van der Waals surface area contributed by atoms with Crippen molar-refractivity contribution in [3.63, 3.8) is 0 Å². The van der Waals surface area contributed by atoms with E-state index in [2.05, 4.69) is 15.5 Å². The number of rotatable bonds is 6. The van der Waals surface area contributed by atoms with Gasteiger partial charge in [-0.2, -0.15) is 0 Å². The number of carbonyl (C=O) groups excluding carboxylic acids is 1. The zero-order valence-electron chi connectivity index (χ0n) is 12.3. The Labute approximate surface area is 131 Å². The minimum Gasteiger partial charge on any atom is -0.325 e. The molecule has 0 bridgehead atoms. The molecular formula is C14H17FN4O2S. The maximum atomic E-state index is 12.8. The predicted molar refractivity (Wildman–Crippen MR) is 83.5 cm³/mol. The van der Waals surface area contributed by atoms with Crippen LogP contribution >= 0.6 is 11.8 Å². The number of benzene rings is 1. The lowest BCUT2D eigenvalue weighted by atomic mass is 10.3. The van der Waals surface area contributed by atoms with Crippen molar-refractivity contribution in [2.75, 3.05) is 5.32 Å². The lowest BCUT2D eigenvalue weighted by molar-refractivity contribution is -0.115. The number of hydrogen-bond acceptors (Lipinski definition) is 4. The van der Waals surface area contributed by atoms with Gasteiger partial charge < -0.3 is 5.32 Å². The van der Waals surface area contributed by atoms with E-state index in [9.17, 15) is 14.0 Å². The monoisotopic (exact) mass is 324 g/mol. The molecule has 0 radical (unpaired) electrons. The van der Waals surface area contributed by atoms with Crippen LogP contribution in [-0.2, 0) is 11.3 Å². The summed E-state index contributed by atoms with van der Waals surface area (Å²) in [7, 11) is 0. The Morgan fingerprint density at radius 3 is 2.77 bits per heavy atom. The van der Waals surface area contributed by atoms with Crippen molar-refractivity contribution in [2.45, 2.75) is 37.2 Å². The summed E-state index contributed by atoms with van der Waals surface area (Å²) in [4.78, 5) is 23.7. The average Bonchev–Trinajstić information content (AvgIpc) is 2.83. The normalized spacial score (nSPS) is 12.1. The van der Waals surface area contributed by atoms with E-state index in [4.69, 9.17) is 0 Å². The molecule has 2 aromatic rings. The van der Waals surface area contributed by atoms with Gasteiger partial charge in [0.05, 0.1) is 5.25 Å². The van der Waals surface area contributed by atoms with Crippen LogP contribution in [0.4, 0.5) is 10.1 Å². The number of carbonyl (C=O) groups is 1. The summed E-state index contributed by atoms with van der Waals surface area (Å²) in [6.07, 6.45) is 0.795. The zero-order chi connectivity index (χ0) is 16.1. The van der Waals surface area contributed by atoms with E-state index in [1.165, 1.54) is 40.6 Å². The van der Waals surface area contributed by atoms with E-state index < -0.39 is 5.25 Å². The lowest BCUT2D eigenvalue weighted by Crippen LogP contribution is -2.24. The predicted octanol–water partition coefficient (Wildman–Crippen LogP) is 2.24. The number of anilines is 1. The second-order valence-corrected chi connectivity index (χ2v) is 6.03. The third-order valence-electron chi connectivity index (χ3n) is 2.93. The van der Waals surface area contributed by atoms with Crippen LogP contribution in [0.5, 0.6) is 0 Å². The Bertz CT molecular complexity index is 696. The van der Waals surface area contributed by atoms with Gasteiger partial charge in [-0.05, 0) is 37.6 Å². The lowest BCUT2D eigenvalue weighted by Gasteiger charge is -2.12. The third-order valence-corrected chi connectivity index (χ3v) is 4.02. The minimum atomic E-state index is -0.448. The Morgan fingerprint density at radius 1 is 1.45 bits per heavy atom. The van der Waals surface area contributed by atoms with Crippen LogP contribution in [0, 0.1) is 5.82 Å². The first kappa shape index (κ1) is 16.3. The highest BCUT2D eigenvalue weighted by Crippen LogP contribution is 2.21. The maximum absolute atomic E-state index is 12.8. The third kappa shape index (κ3) is 3.97.